The summed E-state index contributed by atoms with van der Waals surface area (Å²) in [5.74, 6) is -0.203. The van der Waals surface area contributed by atoms with E-state index in [0.717, 1.165) is 24.9 Å². The topological polar surface area (TPSA) is 87.3 Å². The fraction of sp³-hybridized carbons (Fsp3) is 0.462. The molecule has 7 heteroatoms. The van der Waals surface area contributed by atoms with Crippen LogP contribution in [0.3, 0.4) is 0 Å². The van der Waals surface area contributed by atoms with E-state index in [-0.39, 0.29) is 16.8 Å². The van der Waals surface area contributed by atoms with Crippen LogP contribution in [0.1, 0.15) is 22.3 Å². The number of hydrogen-bond donors (Lipinski definition) is 3. The van der Waals surface area contributed by atoms with Crippen molar-refractivity contribution in [2.45, 2.75) is 23.8 Å². The molecular weight excluding hydrogens is 278 g/mol. The predicted molar refractivity (Wildman–Crippen MR) is 74.1 cm³/mol. The van der Waals surface area contributed by atoms with Gasteiger partial charge in [0.2, 0.25) is 10.0 Å². The fourth-order valence-electron chi connectivity index (χ4n) is 2.60. The van der Waals surface area contributed by atoms with Crippen molar-refractivity contribution in [3.8, 4) is 0 Å². The predicted octanol–water partition coefficient (Wildman–Crippen LogP) is -0.387. The zero-order valence-corrected chi connectivity index (χ0v) is 11.8. The van der Waals surface area contributed by atoms with E-state index in [9.17, 15) is 13.2 Å². The monoisotopic (exact) mass is 295 g/mol. The van der Waals surface area contributed by atoms with Gasteiger partial charge in [0.15, 0.2) is 0 Å². The molecule has 2 heterocycles. The highest BCUT2D eigenvalue weighted by Crippen LogP contribution is 2.19. The summed E-state index contributed by atoms with van der Waals surface area (Å²) in [6.07, 6.45) is 1.52. The van der Waals surface area contributed by atoms with Crippen molar-refractivity contribution in [1.29, 1.82) is 0 Å². The van der Waals surface area contributed by atoms with Crippen molar-refractivity contribution in [3.05, 3.63) is 29.3 Å². The molecule has 1 unspecified atom stereocenters. The van der Waals surface area contributed by atoms with Crippen LogP contribution in [0.2, 0.25) is 0 Å². The van der Waals surface area contributed by atoms with Gasteiger partial charge in [-0.25, -0.2) is 13.1 Å². The van der Waals surface area contributed by atoms with Gasteiger partial charge in [-0.3, -0.25) is 4.79 Å². The first-order chi connectivity index (χ1) is 9.56. The van der Waals surface area contributed by atoms with Crippen LogP contribution in [-0.2, 0) is 16.4 Å². The van der Waals surface area contributed by atoms with Crippen LogP contribution in [0.25, 0.3) is 0 Å². The summed E-state index contributed by atoms with van der Waals surface area (Å²) < 4.78 is 27.3. The van der Waals surface area contributed by atoms with Crippen LogP contribution >= 0.6 is 0 Å². The second kappa shape index (κ2) is 5.16. The highest BCUT2D eigenvalue weighted by Gasteiger charge is 2.25. The summed E-state index contributed by atoms with van der Waals surface area (Å²) in [7, 11) is -3.57. The molecule has 108 valence electrons. The van der Waals surface area contributed by atoms with E-state index in [1.54, 1.807) is 12.1 Å². The van der Waals surface area contributed by atoms with Gasteiger partial charge in [0.05, 0.1) is 4.90 Å². The fourth-order valence-corrected chi connectivity index (χ4v) is 3.90. The van der Waals surface area contributed by atoms with Gasteiger partial charge in [-0.2, -0.15) is 0 Å². The molecule has 2 aliphatic heterocycles. The van der Waals surface area contributed by atoms with E-state index >= 15 is 0 Å². The number of benzene rings is 1. The summed E-state index contributed by atoms with van der Waals surface area (Å²) in [5, 5.41) is 5.84. The van der Waals surface area contributed by atoms with Crippen molar-refractivity contribution in [1.82, 2.24) is 15.4 Å². The molecule has 0 aliphatic carbocycles. The Balaban J connectivity index is 1.89. The Hall–Kier alpha value is -1.44. The zero-order chi connectivity index (χ0) is 14.2. The van der Waals surface area contributed by atoms with E-state index in [4.69, 9.17) is 0 Å². The van der Waals surface area contributed by atoms with Crippen molar-refractivity contribution in [3.63, 3.8) is 0 Å². The number of hydrogen-bond acceptors (Lipinski definition) is 4. The molecule has 1 aromatic carbocycles. The van der Waals surface area contributed by atoms with Crippen LogP contribution in [-0.4, -0.2) is 40.0 Å². The molecule has 0 aromatic heterocycles. The first kappa shape index (κ1) is 13.5. The van der Waals surface area contributed by atoms with Gasteiger partial charge < -0.3 is 10.6 Å². The summed E-state index contributed by atoms with van der Waals surface area (Å²) >= 11 is 0. The van der Waals surface area contributed by atoms with E-state index in [1.807, 2.05) is 0 Å². The maximum absolute atomic E-state index is 12.3. The molecule has 20 heavy (non-hydrogen) atoms. The number of nitrogens with one attached hydrogen (secondary N) is 3. The zero-order valence-electron chi connectivity index (χ0n) is 11.0. The van der Waals surface area contributed by atoms with Crippen LogP contribution in [0, 0.1) is 0 Å². The van der Waals surface area contributed by atoms with Crippen LogP contribution in [0.4, 0.5) is 0 Å². The lowest BCUT2D eigenvalue weighted by atomic mass is 10.0. The Morgan fingerprint density at radius 1 is 1.25 bits per heavy atom. The Morgan fingerprint density at radius 3 is 2.85 bits per heavy atom. The Bertz CT molecular complexity index is 636. The second-order valence-electron chi connectivity index (χ2n) is 5.14. The molecule has 0 bridgehead atoms. The molecule has 0 spiro atoms. The van der Waals surface area contributed by atoms with E-state index in [2.05, 4.69) is 15.4 Å². The minimum Gasteiger partial charge on any atom is -0.352 e. The van der Waals surface area contributed by atoms with Crippen LogP contribution in [0.5, 0.6) is 0 Å². The van der Waals surface area contributed by atoms with E-state index in [1.165, 1.54) is 6.07 Å². The third-order valence-electron chi connectivity index (χ3n) is 3.70. The molecule has 3 N–H and O–H groups in total. The highest BCUT2D eigenvalue weighted by atomic mass is 32.2. The number of rotatable bonds is 3. The van der Waals surface area contributed by atoms with Gasteiger partial charge in [0.25, 0.3) is 5.91 Å². The molecule has 3 rings (SSSR count). The smallest absolute Gasteiger partial charge is 0.251 e. The summed E-state index contributed by atoms with van der Waals surface area (Å²) in [6, 6.07) is 4.69. The molecule has 1 fully saturated rings. The van der Waals surface area contributed by atoms with E-state index in [0.29, 0.717) is 18.7 Å². The maximum atomic E-state index is 12.3. The van der Waals surface area contributed by atoms with Gasteiger partial charge in [-0.1, -0.05) is 6.07 Å². The van der Waals surface area contributed by atoms with Crippen molar-refractivity contribution >= 4 is 15.9 Å². The Labute approximate surface area is 118 Å². The average molecular weight is 295 g/mol. The normalized spacial score (nSPS) is 22.4. The first-order valence-electron chi connectivity index (χ1n) is 6.70. The summed E-state index contributed by atoms with van der Waals surface area (Å²) in [4.78, 5) is 11.9. The molecular formula is C13H17N3O3S. The third kappa shape index (κ3) is 2.56. The summed E-state index contributed by atoms with van der Waals surface area (Å²) in [5.41, 5.74) is 1.36. The van der Waals surface area contributed by atoms with Gasteiger partial charge in [0, 0.05) is 24.7 Å². The lowest BCUT2D eigenvalue weighted by Gasteiger charge is -2.18. The molecule has 0 saturated carbocycles. The van der Waals surface area contributed by atoms with Crippen LogP contribution < -0.4 is 15.4 Å². The molecule has 1 atom stereocenters. The quantitative estimate of drug-likeness (QED) is 0.709. The molecule has 0 radical (unpaired) electrons. The largest absolute Gasteiger partial charge is 0.352 e. The van der Waals surface area contributed by atoms with Gasteiger partial charge in [-0.15, -0.1) is 0 Å². The lowest BCUT2D eigenvalue weighted by Crippen LogP contribution is -2.37. The number of fused-ring (bicyclic) bond motifs is 1. The Morgan fingerprint density at radius 2 is 2.10 bits per heavy atom. The summed E-state index contributed by atoms with van der Waals surface area (Å²) in [6.45, 7) is 2.06. The van der Waals surface area contributed by atoms with Gasteiger partial charge in [-0.05, 0) is 37.1 Å². The minimum absolute atomic E-state index is 0.0788. The van der Waals surface area contributed by atoms with Crippen molar-refractivity contribution in [2.24, 2.45) is 0 Å². The molecule has 6 nitrogen and oxygen atoms in total. The molecule has 1 amide bonds. The lowest BCUT2D eigenvalue weighted by molar-refractivity contribution is 0.0946. The Kier molecular flexibility index (Phi) is 3.49. The first-order valence-corrected chi connectivity index (χ1v) is 8.19. The number of carbonyl (C=O) groups is 1. The maximum Gasteiger partial charge on any atom is 0.251 e. The van der Waals surface area contributed by atoms with E-state index < -0.39 is 10.0 Å². The third-order valence-corrected chi connectivity index (χ3v) is 5.22. The highest BCUT2D eigenvalue weighted by molar-refractivity contribution is 7.89. The average Bonchev–Trinajstić information content (AvgIpc) is 2.91. The second-order valence-corrected chi connectivity index (χ2v) is 6.85. The molecule has 1 aromatic rings. The van der Waals surface area contributed by atoms with Crippen molar-refractivity contribution < 1.29 is 13.2 Å². The SMILES string of the molecule is O=C1NCCc2ccc(S(=O)(=O)NC3CCNC3)cc21. The molecule has 1 saturated heterocycles. The van der Waals surface area contributed by atoms with Crippen LogP contribution in [0.15, 0.2) is 23.1 Å². The van der Waals surface area contributed by atoms with Crippen molar-refractivity contribution in [2.75, 3.05) is 19.6 Å². The number of carbonyl (C=O) groups excluding carboxylic acids is 1. The molecule has 2 aliphatic rings. The number of sulfonamides is 1. The standard InChI is InChI=1S/C13H17N3O3S/c17-13-12-7-11(2-1-9(12)3-6-15-13)20(18,19)16-10-4-5-14-8-10/h1-2,7,10,14,16H,3-6,8H2,(H,15,17). The van der Waals surface area contributed by atoms with Gasteiger partial charge >= 0.3 is 0 Å². The minimum atomic E-state index is -3.57. The number of amides is 1. The van der Waals surface area contributed by atoms with Gasteiger partial charge in [0.1, 0.15) is 0 Å².